The van der Waals surface area contributed by atoms with Crippen molar-refractivity contribution in [3.63, 3.8) is 0 Å². The van der Waals surface area contributed by atoms with E-state index in [9.17, 15) is 0 Å². The number of hydrogen-bond donors (Lipinski definition) is 3. The highest BCUT2D eigenvalue weighted by Crippen LogP contribution is 1.79. The number of nitrogens with one attached hydrogen (secondary N) is 1. The Bertz CT molecular complexity index is 64.0. The Hall–Kier alpha value is 0.350. The van der Waals surface area contributed by atoms with Crippen molar-refractivity contribution in [1.82, 2.24) is 0 Å². The second-order valence-electron chi connectivity index (χ2n) is 0.713. The molecule has 5 N–H and O–H groups in total. The summed E-state index contributed by atoms with van der Waals surface area (Å²) in [7, 11) is 0. The Morgan fingerprint density at radius 2 is 2.14 bits per heavy atom. The largest absolute Gasteiger partial charge is 0.324 e. The van der Waals surface area contributed by atoms with E-state index in [0.717, 1.165) is 0 Å². The molecule has 0 aliphatic heterocycles. The maximum atomic E-state index is 5.12. The third kappa shape index (κ3) is 6.35. The summed E-state index contributed by atoms with van der Waals surface area (Å²) in [4.78, 5) is 0. The van der Waals surface area contributed by atoms with Crippen LogP contribution in [0.25, 0.3) is 0 Å². The first-order valence-electron chi connectivity index (χ1n) is 1.44. The van der Waals surface area contributed by atoms with Crippen LogP contribution in [-0.2, 0) is 0 Å². The Kier molecular flexibility index (Phi) is 9.39. The zero-order valence-electron chi connectivity index (χ0n) is 3.97. The topological polar surface area (TPSA) is 66.0 Å². The standard InChI is InChI=1S/C2H7N3S.HI/c1-6-2(3)5-4;/h4H2,1H3,(H2,3,5);1H/p+1. The molecule has 0 radical (unpaired) electrons. The molecule has 44 valence electrons. The monoisotopic (exact) mass is 234 g/mol. The maximum absolute atomic E-state index is 5.12. The van der Waals surface area contributed by atoms with E-state index in [4.69, 9.17) is 11.6 Å². The van der Waals surface area contributed by atoms with E-state index < -0.39 is 0 Å². The molecule has 0 spiro atoms. The third-order valence-corrected chi connectivity index (χ3v) is 0.920. The van der Waals surface area contributed by atoms with Gasteiger partial charge < -0.3 is 0 Å². The molecule has 0 saturated carbocycles. The lowest BCUT2D eigenvalue weighted by molar-refractivity contribution is -0.467. The molecule has 0 saturated heterocycles. The minimum absolute atomic E-state index is 0. The lowest BCUT2D eigenvalue weighted by Gasteiger charge is -1.76. The lowest BCUT2D eigenvalue weighted by atomic mass is 11.4. The van der Waals surface area contributed by atoms with Gasteiger partial charge >= 0.3 is 5.17 Å². The van der Waals surface area contributed by atoms with Gasteiger partial charge in [-0.3, -0.25) is 11.6 Å². The van der Waals surface area contributed by atoms with Gasteiger partial charge in [-0.05, 0) is 18.0 Å². The van der Waals surface area contributed by atoms with Gasteiger partial charge in [-0.2, -0.15) is 5.10 Å². The van der Waals surface area contributed by atoms with Crippen LogP contribution in [0.15, 0.2) is 0 Å². The number of rotatable bonds is 0. The van der Waals surface area contributed by atoms with Crippen LogP contribution in [0.4, 0.5) is 0 Å². The first-order chi connectivity index (χ1) is 2.81. The minimum Gasteiger partial charge on any atom is -0.280 e. The molecule has 0 aliphatic carbocycles. The summed E-state index contributed by atoms with van der Waals surface area (Å²) in [5.74, 6) is 4.85. The van der Waals surface area contributed by atoms with Crippen molar-refractivity contribution in [3.05, 3.63) is 0 Å². The molecule has 0 unspecified atom stereocenters. The highest BCUT2D eigenvalue weighted by atomic mass is 127. The van der Waals surface area contributed by atoms with E-state index in [0.29, 0.717) is 5.17 Å². The van der Waals surface area contributed by atoms with Gasteiger partial charge in [0.05, 0.1) is 0 Å². The fourth-order valence-corrected chi connectivity index (χ4v) is 0.177. The molecule has 5 heteroatoms. The number of hydrogen-bond acceptors (Lipinski definition) is 2. The van der Waals surface area contributed by atoms with Crippen molar-refractivity contribution in [1.29, 1.82) is 0 Å². The fraction of sp³-hybridized carbons (Fsp3) is 0.500. The first-order valence-corrected chi connectivity index (χ1v) is 2.66. The number of hydrazine groups is 1. The second kappa shape index (κ2) is 6.35. The van der Waals surface area contributed by atoms with E-state index in [1.807, 2.05) is 6.26 Å². The first kappa shape index (κ1) is 10.4. The van der Waals surface area contributed by atoms with Crippen molar-refractivity contribution >= 4 is 40.9 Å². The maximum Gasteiger partial charge on any atom is 0.324 e. The zero-order valence-corrected chi connectivity index (χ0v) is 7.12. The molecule has 0 rings (SSSR count). The molecule has 3 nitrogen and oxygen atoms in total. The fourth-order valence-electron chi connectivity index (χ4n) is 0.0589. The van der Waals surface area contributed by atoms with Crippen molar-refractivity contribution in [2.45, 2.75) is 0 Å². The van der Waals surface area contributed by atoms with Crippen molar-refractivity contribution in [2.75, 3.05) is 6.26 Å². The molecule has 0 atom stereocenters. The molecule has 7 heavy (non-hydrogen) atoms. The molecular weight excluding hydrogens is 225 g/mol. The van der Waals surface area contributed by atoms with Gasteiger partial charge in [-0.25, -0.2) is 0 Å². The van der Waals surface area contributed by atoms with Gasteiger partial charge in [0.1, 0.15) is 0 Å². The lowest BCUT2D eigenvalue weighted by Crippen LogP contribution is -2.81. The Morgan fingerprint density at radius 3 is 2.14 bits per heavy atom. The summed E-state index contributed by atoms with van der Waals surface area (Å²) in [5, 5.41) is 2.81. The number of nitrogens with two attached hydrogens (primary N) is 2. The van der Waals surface area contributed by atoms with Gasteiger partial charge in [0.2, 0.25) is 0 Å². The molecule has 0 aromatic rings. The van der Waals surface area contributed by atoms with Gasteiger partial charge in [0.15, 0.2) is 0 Å². The van der Waals surface area contributed by atoms with Crippen LogP contribution < -0.4 is 16.7 Å². The molecule has 0 fully saturated rings. The Labute approximate surface area is 63.9 Å². The van der Waals surface area contributed by atoms with Crippen LogP contribution >= 0.6 is 35.7 Å². The summed E-state index contributed by atoms with van der Waals surface area (Å²) in [6.45, 7) is 0. The van der Waals surface area contributed by atoms with Crippen molar-refractivity contribution in [2.24, 2.45) is 11.6 Å². The van der Waals surface area contributed by atoms with Crippen LogP contribution in [0.3, 0.4) is 0 Å². The number of halogens is 1. The SMILES string of the molecule is CSC(N)=[NH+]N.I. The van der Waals surface area contributed by atoms with Crippen LogP contribution in [0.1, 0.15) is 0 Å². The molecule has 0 aromatic carbocycles. The number of hydrazone groups is 1. The van der Waals surface area contributed by atoms with Crippen LogP contribution in [-0.4, -0.2) is 11.4 Å². The smallest absolute Gasteiger partial charge is 0.280 e. The van der Waals surface area contributed by atoms with E-state index in [1.54, 1.807) is 0 Å². The van der Waals surface area contributed by atoms with Crippen LogP contribution in [0, 0.1) is 0 Å². The van der Waals surface area contributed by atoms with Crippen LogP contribution in [0.5, 0.6) is 0 Å². The Morgan fingerprint density at radius 1 is 1.71 bits per heavy atom. The van der Waals surface area contributed by atoms with E-state index in [1.165, 1.54) is 11.8 Å². The number of thioether (sulfide) groups is 1. The minimum atomic E-state index is 0. The van der Waals surface area contributed by atoms with Gasteiger partial charge in [-0.15, -0.1) is 24.0 Å². The summed E-state index contributed by atoms with van der Waals surface area (Å²) in [5.41, 5.74) is 5.12. The van der Waals surface area contributed by atoms with E-state index in [-0.39, 0.29) is 24.0 Å². The van der Waals surface area contributed by atoms with Gasteiger partial charge in [0, 0.05) is 0 Å². The molecule has 0 amide bonds. The van der Waals surface area contributed by atoms with Crippen LogP contribution in [0.2, 0.25) is 0 Å². The molecule has 0 bridgehead atoms. The Balaban J connectivity index is 0. The normalized spacial score (nSPS) is 10.1. The van der Waals surface area contributed by atoms with Gasteiger partial charge in [-0.1, -0.05) is 0 Å². The number of amidine groups is 1. The van der Waals surface area contributed by atoms with Gasteiger partial charge in [0.25, 0.3) is 0 Å². The second-order valence-corrected chi connectivity index (χ2v) is 1.56. The summed E-state index contributed by atoms with van der Waals surface area (Å²) < 4.78 is 0. The molecule has 0 aromatic heterocycles. The average molecular weight is 234 g/mol. The highest BCUT2D eigenvalue weighted by molar-refractivity contribution is 14.0. The van der Waals surface area contributed by atoms with E-state index >= 15 is 0 Å². The summed E-state index contributed by atoms with van der Waals surface area (Å²) >= 11 is 1.38. The van der Waals surface area contributed by atoms with E-state index in [2.05, 4.69) is 5.10 Å². The van der Waals surface area contributed by atoms with Crippen molar-refractivity contribution in [3.8, 4) is 0 Å². The predicted octanol–water partition coefficient (Wildman–Crippen LogP) is -1.76. The molecular formula is C2H9IN3S+. The summed E-state index contributed by atoms with van der Waals surface area (Å²) in [6, 6.07) is 0. The summed E-state index contributed by atoms with van der Waals surface area (Å²) in [6.07, 6.45) is 1.84. The van der Waals surface area contributed by atoms with Crippen molar-refractivity contribution < 1.29 is 5.10 Å². The third-order valence-electron chi connectivity index (χ3n) is 0.362. The average Bonchev–Trinajstić information content (AvgIpc) is 1.65. The predicted molar refractivity (Wildman–Crippen MR) is 43.3 cm³/mol. The zero-order chi connectivity index (χ0) is 4.99. The molecule has 0 aliphatic rings. The quantitative estimate of drug-likeness (QED) is 0.153. The highest BCUT2D eigenvalue weighted by Gasteiger charge is 1.85. The molecule has 0 heterocycles.